The molecule has 1 rings (SSSR count). The lowest BCUT2D eigenvalue weighted by molar-refractivity contribution is -0.156. The Labute approximate surface area is 171 Å². The summed E-state index contributed by atoms with van der Waals surface area (Å²) < 4.78 is 9.80. The van der Waals surface area contributed by atoms with Crippen molar-refractivity contribution in [2.75, 3.05) is 13.2 Å². The summed E-state index contributed by atoms with van der Waals surface area (Å²) >= 11 is 0. The van der Waals surface area contributed by atoms with Crippen LogP contribution < -0.4 is 11.1 Å². The van der Waals surface area contributed by atoms with Crippen molar-refractivity contribution in [3.8, 4) is 0 Å². The van der Waals surface area contributed by atoms with E-state index in [4.69, 9.17) is 15.2 Å². The second kappa shape index (κ2) is 10.6. The Hall–Kier alpha value is -2.90. The lowest BCUT2D eigenvalue weighted by Gasteiger charge is -2.24. The number of esters is 2. The Balaban J connectivity index is 3.08. The number of nitrogens with one attached hydrogen (secondary N) is 1. The number of carbonyl (C=O) groups excluding carboxylic acids is 4. The van der Waals surface area contributed by atoms with E-state index in [0.29, 0.717) is 5.56 Å². The lowest BCUT2D eigenvalue weighted by Crippen LogP contribution is -2.52. The fourth-order valence-electron chi connectivity index (χ4n) is 2.70. The summed E-state index contributed by atoms with van der Waals surface area (Å²) in [4.78, 5) is 48.8. The van der Waals surface area contributed by atoms with Crippen molar-refractivity contribution in [1.29, 1.82) is 0 Å². The van der Waals surface area contributed by atoms with Crippen LogP contribution in [0.15, 0.2) is 24.3 Å². The normalized spacial score (nSPS) is 13.1. The summed E-state index contributed by atoms with van der Waals surface area (Å²) in [7, 11) is 0. The average Bonchev–Trinajstić information content (AvgIpc) is 2.64. The van der Waals surface area contributed by atoms with Crippen LogP contribution in [0.3, 0.4) is 0 Å². The molecule has 1 aromatic carbocycles. The molecule has 2 amide bonds. The molecule has 1 aromatic rings. The van der Waals surface area contributed by atoms with Gasteiger partial charge in [0.1, 0.15) is 6.04 Å². The average molecular weight is 406 g/mol. The smallest absolute Gasteiger partial charge is 0.312 e. The van der Waals surface area contributed by atoms with Gasteiger partial charge in [-0.2, -0.15) is 0 Å². The maximum Gasteiger partial charge on any atom is 0.312 e. The van der Waals surface area contributed by atoms with Crippen molar-refractivity contribution in [3.63, 3.8) is 0 Å². The summed E-state index contributed by atoms with van der Waals surface area (Å²) in [6.07, 6.45) is -0.441. The molecule has 0 unspecified atom stereocenters. The number of hydrogen-bond acceptors (Lipinski definition) is 6. The van der Waals surface area contributed by atoms with Gasteiger partial charge in [-0.25, -0.2) is 0 Å². The summed E-state index contributed by atoms with van der Waals surface area (Å²) in [6, 6.07) is 5.45. The number of rotatable bonds is 9. The van der Waals surface area contributed by atoms with Crippen LogP contribution in [-0.2, 0) is 29.3 Å². The molecule has 2 atom stereocenters. The molecule has 0 aromatic heterocycles. The highest BCUT2D eigenvalue weighted by atomic mass is 16.5. The van der Waals surface area contributed by atoms with Crippen LogP contribution in [0.5, 0.6) is 0 Å². The Morgan fingerprint density at radius 2 is 1.55 bits per heavy atom. The van der Waals surface area contributed by atoms with Gasteiger partial charge in [-0.15, -0.1) is 0 Å². The summed E-state index contributed by atoms with van der Waals surface area (Å²) in [6.45, 7) is 9.51. The second-order valence-electron chi connectivity index (χ2n) is 7.55. The molecule has 0 aliphatic rings. The van der Waals surface area contributed by atoms with E-state index in [1.807, 2.05) is 32.9 Å². The van der Waals surface area contributed by atoms with Crippen molar-refractivity contribution in [3.05, 3.63) is 35.4 Å². The number of primary amides is 1. The highest BCUT2D eigenvalue weighted by Gasteiger charge is 2.37. The van der Waals surface area contributed by atoms with Crippen molar-refractivity contribution in [2.45, 2.75) is 52.5 Å². The summed E-state index contributed by atoms with van der Waals surface area (Å²) in [5.41, 5.74) is 6.66. The van der Waals surface area contributed by atoms with Crippen LogP contribution in [0.4, 0.5) is 0 Å². The number of ether oxygens (including phenoxy) is 2. The Morgan fingerprint density at radius 3 is 2.00 bits per heavy atom. The zero-order valence-electron chi connectivity index (χ0n) is 17.6. The predicted octanol–water partition coefficient (Wildman–Crippen LogP) is 1.70. The Morgan fingerprint density at radius 1 is 1.00 bits per heavy atom. The molecule has 0 radical (unpaired) electrons. The molecule has 29 heavy (non-hydrogen) atoms. The molecule has 160 valence electrons. The van der Waals surface area contributed by atoms with E-state index in [2.05, 4.69) is 5.32 Å². The van der Waals surface area contributed by atoms with Crippen LogP contribution in [0.2, 0.25) is 0 Å². The lowest BCUT2D eigenvalue weighted by atomic mass is 9.86. The van der Waals surface area contributed by atoms with Gasteiger partial charge in [-0.05, 0) is 37.0 Å². The molecule has 0 saturated heterocycles. The van der Waals surface area contributed by atoms with E-state index in [1.54, 1.807) is 26.0 Å². The van der Waals surface area contributed by atoms with Gasteiger partial charge in [0.2, 0.25) is 5.91 Å². The monoisotopic (exact) mass is 406 g/mol. The highest BCUT2D eigenvalue weighted by Crippen LogP contribution is 2.22. The molecule has 0 heterocycles. The molecule has 0 fully saturated rings. The molecule has 8 nitrogen and oxygen atoms in total. The first kappa shape index (κ1) is 24.1. The van der Waals surface area contributed by atoms with Crippen LogP contribution in [-0.4, -0.2) is 43.0 Å². The third-order valence-corrected chi connectivity index (χ3v) is 4.29. The van der Waals surface area contributed by atoms with Crippen molar-refractivity contribution in [1.82, 2.24) is 5.32 Å². The fraction of sp³-hybridized carbons (Fsp3) is 0.524. The fourth-order valence-corrected chi connectivity index (χ4v) is 2.70. The SMILES string of the molecule is CCOC(=O)C[C@H](C(=O)OCC)[C@H](NC(=O)c1ccc(C(C)(C)C)cc1)C(N)=O. The second-order valence-corrected chi connectivity index (χ2v) is 7.55. The number of hydrogen-bond donors (Lipinski definition) is 2. The standard InChI is InChI=1S/C21H30N2O6/c1-6-28-16(24)12-15(20(27)29-7-2)17(18(22)25)23-19(26)13-8-10-14(11-9-13)21(3,4)5/h8-11,15,17H,6-7,12H2,1-5H3,(H2,22,25)(H,23,26)/t15-,17-/m0/s1. The van der Waals surface area contributed by atoms with Gasteiger partial charge >= 0.3 is 11.9 Å². The molecule has 0 aliphatic carbocycles. The third kappa shape index (κ3) is 7.21. The largest absolute Gasteiger partial charge is 0.466 e. The van der Waals surface area contributed by atoms with Crippen LogP contribution >= 0.6 is 0 Å². The maximum absolute atomic E-state index is 12.6. The minimum atomic E-state index is -1.42. The van der Waals surface area contributed by atoms with Gasteiger partial charge in [0.25, 0.3) is 5.91 Å². The first-order chi connectivity index (χ1) is 13.5. The van der Waals surface area contributed by atoms with E-state index < -0.39 is 42.1 Å². The highest BCUT2D eigenvalue weighted by molar-refractivity contribution is 5.99. The summed E-state index contributed by atoms with van der Waals surface area (Å²) in [5.74, 6) is -4.34. The Kier molecular flexibility index (Phi) is 8.82. The third-order valence-electron chi connectivity index (χ3n) is 4.29. The quantitative estimate of drug-likeness (QED) is 0.602. The number of nitrogens with two attached hydrogens (primary N) is 1. The molecule has 8 heteroatoms. The minimum Gasteiger partial charge on any atom is -0.466 e. The van der Waals surface area contributed by atoms with Crippen LogP contribution in [0, 0.1) is 5.92 Å². The number of carbonyl (C=O) groups is 4. The van der Waals surface area contributed by atoms with E-state index in [-0.39, 0.29) is 18.6 Å². The zero-order valence-corrected chi connectivity index (χ0v) is 17.6. The van der Waals surface area contributed by atoms with E-state index in [1.165, 1.54) is 0 Å². The molecule has 3 N–H and O–H groups in total. The topological polar surface area (TPSA) is 125 Å². The van der Waals surface area contributed by atoms with E-state index in [0.717, 1.165) is 5.56 Å². The number of benzene rings is 1. The Bertz CT molecular complexity index is 737. The van der Waals surface area contributed by atoms with Crippen LogP contribution in [0.1, 0.15) is 57.0 Å². The molecule has 0 saturated carbocycles. The molecule has 0 spiro atoms. The van der Waals surface area contributed by atoms with Gasteiger partial charge in [0.15, 0.2) is 0 Å². The van der Waals surface area contributed by atoms with E-state index in [9.17, 15) is 19.2 Å². The maximum atomic E-state index is 12.6. The van der Waals surface area contributed by atoms with Crippen LogP contribution in [0.25, 0.3) is 0 Å². The van der Waals surface area contributed by atoms with Gasteiger partial charge in [0, 0.05) is 5.56 Å². The van der Waals surface area contributed by atoms with Gasteiger partial charge in [-0.3, -0.25) is 19.2 Å². The van der Waals surface area contributed by atoms with Crippen molar-refractivity contribution >= 4 is 23.8 Å². The molecule has 0 bridgehead atoms. The van der Waals surface area contributed by atoms with Gasteiger partial charge in [-0.1, -0.05) is 32.9 Å². The van der Waals surface area contributed by atoms with Gasteiger partial charge < -0.3 is 20.5 Å². The molecular weight excluding hydrogens is 376 g/mol. The van der Waals surface area contributed by atoms with Crippen molar-refractivity contribution < 1.29 is 28.7 Å². The summed E-state index contributed by atoms with van der Waals surface area (Å²) in [5, 5.41) is 2.46. The minimum absolute atomic E-state index is 0.0475. The number of amides is 2. The van der Waals surface area contributed by atoms with Gasteiger partial charge in [0.05, 0.1) is 25.6 Å². The molecule has 0 aliphatic heterocycles. The zero-order chi connectivity index (χ0) is 22.2. The first-order valence-corrected chi connectivity index (χ1v) is 9.54. The first-order valence-electron chi connectivity index (χ1n) is 9.54. The van der Waals surface area contributed by atoms with E-state index >= 15 is 0 Å². The molecular formula is C21H30N2O6. The van der Waals surface area contributed by atoms with Crippen molar-refractivity contribution in [2.24, 2.45) is 11.7 Å². The predicted molar refractivity (Wildman–Crippen MR) is 107 cm³/mol.